The molecule has 31 heavy (non-hydrogen) atoms. The smallest absolute Gasteiger partial charge is 0.223 e. The molecule has 0 aromatic carbocycles. The van der Waals surface area contributed by atoms with Crippen molar-refractivity contribution in [3.63, 3.8) is 0 Å². The highest BCUT2D eigenvalue weighted by Gasteiger charge is 2.25. The van der Waals surface area contributed by atoms with Gasteiger partial charge in [0.05, 0.1) is 27.7 Å². The van der Waals surface area contributed by atoms with Gasteiger partial charge in [-0.2, -0.15) is 0 Å². The average Bonchev–Trinajstić information content (AvgIpc) is 3.24. The van der Waals surface area contributed by atoms with Crippen molar-refractivity contribution >= 4 is 34.5 Å². The Bertz CT molecular complexity index is 1170. The van der Waals surface area contributed by atoms with Gasteiger partial charge in [0.1, 0.15) is 5.35 Å². The summed E-state index contributed by atoms with van der Waals surface area (Å²) in [6, 6.07) is 0. The molecule has 7 heteroatoms. The van der Waals surface area contributed by atoms with Crippen LogP contribution in [0, 0.1) is 5.92 Å². The average molecular weight is 486 g/mol. The number of nitrogens with zero attached hydrogens (tertiary/aromatic N) is 4. The molecule has 0 aliphatic carbocycles. The Morgan fingerprint density at radius 1 is 1.35 bits per heavy atom. The first-order valence-corrected chi connectivity index (χ1v) is 11.6. The second-order valence-corrected chi connectivity index (χ2v) is 8.63. The molecule has 1 N–H and O–H groups in total. The molecule has 3 rings (SSSR count). The molecule has 0 amide bonds. The molecule has 2 aromatic heterocycles. The second kappa shape index (κ2) is 9.81. The third-order valence-corrected chi connectivity index (χ3v) is 6.74. The minimum Gasteiger partial charge on any atom is -0.477 e. The fraction of sp³-hybridized carbons (Fsp3) is 0.458. The van der Waals surface area contributed by atoms with Crippen molar-refractivity contribution in [3.05, 3.63) is 55.0 Å². The zero-order valence-corrected chi connectivity index (χ0v) is 20.9. The predicted molar refractivity (Wildman–Crippen MR) is 130 cm³/mol. The highest BCUT2D eigenvalue weighted by atomic mass is 79.9. The van der Waals surface area contributed by atoms with Crippen LogP contribution in [-0.4, -0.2) is 32.5 Å². The van der Waals surface area contributed by atoms with E-state index in [9.17, 15) is 0 Å². The SMILES string of the molecule is C=c1/c(=C\C(=C/C)C(C)/C2=C(/C)CCc3[nH]c(CC)c(Br)c3C(OCC)=N2)nnn1C. The quantitative estimate of drug-likeness (QED) is 0.696. The molecule has 0 radical (unpaired) electrons. The van der Waals surface area contributed by atoms with Gasteiger partial charge in [-0.3, -0.25) is 0 Å². The zero-order chi connectivity index (χ0) is 22.7. The molecular formula is C24H32BrN5O. The van der Waals surface area contributed by atoms with E-state index in [1.54, 1.807) is 4.68 Å². The normalized spacial score (nSPS) is 19.0. The van der Waals surface area contributed by atoms with E-state index in [4.69, 9.17) is 9.73 Å². The summed E-state index contributed by atoms with van der Waals surface area (Å²) in [7, 11) is 1.85. The molecule has 3 heterocycles. The molecule has 0 saturated heterocycles. The minimum absolute atomic E-state index is 0.0757. The minimum atomic E-state index is 0.0757. The van der Waals surface area contributed by atoms with Crippen LogP contribution in [0.2, 0.25) is 0 Å². The Labute approximate surface area is 192 Å². The lowest BCUT2D eigenvalue weighted by Crippen LogP contribution is -2.27. The van der Waals surface area contributed by atoms with Crippen LogP contribution in [0.3, 0.4) is 0 Å². The summed E-state index contributed by atoms with van der Waals surface area (Å²) in [6.45, 7) is 15.2. The molecule has 0 bridgehead atoms. The highest BCUT2D eigenvalue weighted by Crippen LogP contribution is 2.34. The number of ether oxygens (including phenoxy) is 1. The molecular weight excluding hydrogens is 454 g/mol. The van der Waals surface area contributed by atoms with E-state index < -0.39 is 0 Å². The van der Waals surface area contributed by atoms with Crippen LogP contribution in [0.4, 0.5) is 0 Å². The van der Waals surface area contributed by atoms with Gasteiger partial charge in [-0.15, -0.1) is 5.10 Å². The predicted octanol–water partition coefficient (Wildman–Crippen LogP) is 3.94. The van der Waals surface area contributed by atoms with E-state index >= 15 is 0 Å². The number of allylic oxidation sites excluding steroid dienone is 3. The molecule has 1 aliphatic heterocycles. The Morgan fingerprint density at radius 2 is 2.10 bits per heavy atom. The van der Waals surface area contributed by atoms with Crippen LogP contribution in [0.15, 0.2) is 32.4 Å². The van der Waals surface area contributed by atoms with Gasteiger partial charge >= 0.3 is 0 Å². The highest BCUT2D eigenvalue weighted by molar-refractivity contribution is 9.10. The van der Waals surface area contributed by atoms with Gasteiger partial charge < -0.3 is 9.72 Å². The van der Waals surface area contributed by atoms with Crippen molar-refractivity contribution in [1.29, 1.82) is 0 Å². The van der Waals surface area contributed by atoms with E-state index in [-0.39, 0.29) is 5.92 Å². The topological polar surface area (TPSA) is 68.1 Å². The molecule has 0 spiro atoms. The standard InChI is InChI=1S/C24H32BrN5O/c1-8-17(13-20-16(6)30(7)29-28-20)15(5)23-14(4)11-12-19-21(24(27-23)31-10-3)22(25)18(9-2)26-19/h8,13,15,26H,6,9-12H2,1-5,7H3/b17-8+,20-13+,23-14+,27-24?. The number of halogens is 1. The molecule has 6 nitrogen and oxygen atoms in total. The first-order valence-electron chi connectivity index (χ1n) is 10.8. The molecule has 1 atom stereocenters. The summed E-state index contributed by atoms with van der Waals surface area (Å²) < 4.78 is 8.81. The number of nitrogens with one attached hydrogen (secondary N) is 1. The van der Waals surface area contributed by atoms with Crippen molar-refractivity contribution in [2.75, 3.05) is 6.61 Å². The maximum atomic E-state index is 6.07. The zero-order valence-electron chi connectivity index (χ0n) is 19.3. The Kier molecular flexibility index (Phi) is 7.36. The van der Waals surface area contributed by atoms with Crippen LogP contribution in [0.25, 0.3) is 12.7 Å². The Morgan fingerprint density at radius 3 is 2.68 bits per heavy atom. The van der Waals surface area contributed by atoms with E-state index in [2.05, 4.69) is 70.7 Å². The van der Waals surface area contributed by atoms with E-state index in [0.29, 0.717) is 12.5 Å². The fourth-order valence-electron chi connectivity index (χ4n) is 3.92. The van der Waals surface area contributed by atoms with Crippen LogP contribution in [-0.2, 0) is 24.6 Å². The summed E-state index contributed by atoms with van der Waals surface area (Å²) in [5, 5.41) is 9.90. The van der Waals surface area contributed by atoms with E-state index in [1.165, 1.54) is 17.0 Å². The number of aryl methyl sites for hydroxylation is 3. The van der Waals surface area contributed by atoms with Gasteiger partial charge in [-0.25, -0.2) is 9.67 Å². The van der Waals surface area contributed by atoms with Crippen LogP contribution in [0.5, 0.6) is 0 Å². The number of aromatic amines is 1. The van der Waals surface area contributed by atoms with Crippen molar-refractivity contribution < 1.29 is 4.74 Å². The lowest BCUT2D eigenvalue weighted by atomic mass is 9.91. The molecule has 0 saturated carbocycles. The fourth-order valence-corrected chi connectivity index (χ4v) is 4.71. The van der Waals surface area contributed by atoms with Gasteiger partial charge in [-0.1, -0.05) is 37.3 Å². The largest absolute Gasteiger partial charge is 0.477 e. The molecule has 1 aliphatic rings. The third-order valence-electron chi connectivity index (χ3n) is 5.87. The van der Waals surface area contributed by atoms with Crippen molar-refractivity contribution in [1.82, 2.24) is 20.0 Å². The van der Waals surface area contributed by atoms with Gasteiger partial charge in [0.2, 0.25) is 5.90 Å². The van der Waals surface area contributed by atoms with Crippen molar-refractivity contribution in [2.24, 2.45) is 18.0 Å². The van der Waals surface area contributed by atoms with Crippen LogP contribution in [0.1, 0.15) is 58.0 Å². The first kappa shape index (κ1) is 23.3. The van der Waals surface area contributed by atoms with Gasteiger partial charge in [0.25, 0.3) is 0 Å². The number of hydrogen-bond donors (Lipinski definition) is 1. The number of aliphatic imine (C=N–C) groups is 1. The van der Waals surface area contributed by atoms with E-state index in [0.717, 1.165) is 51.3 Å². The summed E-state index contributed by atoms with van der Waals surface area (Å²) in [5.74, 6) is 0.751. The van der Waals surface area contributed by atoms with Crippen LogP contribution < -0.4 is 10.7 Å². The summed E-state index contributed by atoms with van der Waals surface area (Å²) in [6.07, 6.45) is 6.95. The maximum Gasteiger partial charge on any atom is 0.223 e. The number of rotatable bonds is 5. The third kappa shape index (κ3) is 4.61. The Balaban J connectivity index is 2.12. The lowest BCUT2D eigenvalue weighted by Gasteiger charge is -2.21. The number of aromatic nitrogens is 4. The molecule has 166 valence electrons. The van der Waals surface area contributed by atoms with Crippen LogP contribution >= 0.6 is 15.9 Å². The number of fused-ring (bicyclic) bond motifs is 1. The summed E-state index contributed by atoms with van der Waals surface area (Å²) in [5.41, 5.74) is 6.85. The summed E-state index contributed by atoms with van der Waals surface area (Å²) in [4.78, 5) is 8.68. The van der Waals surface area contributed by atoms with E-state index in [1.807, 2.05) is 20.9 Å². The lowest BCUT2D eigenvalue weighted by molar-refractivity contribution is 0.327. The first-order chi connectivity index (χ1) is 14.8. The molecule has 0 fully saturated rings. The maximum absolute atomic E-state index is 6.07. The number of hydrogen-bond acceptors (Lipinski definition) is 4. The Hall–Kier alpha value is -2.41. The van der Waals surface area contributed by atoms with Gasteiger partial charge in [0, 0.05) is 24.4 Å². The van der Waals surface area contributed by atoms with Crippen molar-refractivity contribution in [3.8, 4) is 0 Å². The summed E-state index contributed by atoms with van der Waals surface area (Å²) >= 11 is 3.79. The van der Waals surface area contributed by atoms with Gasteiger partial charge in [-0.05, 0) is 67.6 Å². The molecule has 2 aromatic rings. The molecule has 1 unspecified atom stereocenters. The second-order valence-electron chi connectivity index (χ2n) is 7.84. The van der Waals surface area contributed by atoms with Gasteiger partial charge in [0.15, 0.2) is 0 Å². The number of H-pyrrole nitrogens is 1. The van der Waals surface area contributed by atoms with Crippen molar-refractivity contribution in [2.45, 2.75) is 53.9 Å². The monoisotopic (exact) mass is 485 g/mol.